The summed E-state index contributed by atoms with van der Waals surface area (Å²) in [4.78, 5) is 20.4. The topological polar surface area (TPSA) is 69.2 Å². The summed E-state index contributed by atoms with van der Waals surface area (Å²) >= 11 is 0. The SMILES string of the molecule is CCC(CC)N(CCO)c1cc(=O)[nH]c(C)n1. The first-order valence-corrected chi connectivity index (χ1v) is 6.07. The molecule has 2 N–H and O–H groups in total. The number of nitrogens with zero attached hydrogens (tertiary/aromatic N) is 2. The lowest BCUT2D eigenvalue weighted by molar-refractivity contribution is 0.295. The van der Waals surface area contributed by atoms with E-state index < -0.39 is 0 Å². The molecule has 0 saturated heterocycles. The molecule has 0 spiro atoms. The van der Waals surface area contributed by atoms with Crippen LogP contribution in [-0.4, -0.2) is 34.3 Å². The van der Waals surface area contributed by atoms with Gasteiger partial charge in [-0.1, -0.05) is 13.8 Å². The fourth-order valence-electron chi connectivity index (χ4n) is 2.03. The van der Waals surface area contributed by atoms with E-state index in [4.69, 9.17) is 5.11 Å². The molecule has 96 valence electrons. The van der Waals surface area contributed by atoms with E-state index in [9.17, 15) is 4.79 Å². The molecule has 0 amide bonds. The van der Waals surface area contributed by atoms with Crippen molar-refractivity contribution in [2.75, 3.05) is 18.1 Å². The number of nitrogens with one attached hydrogen (secondary N) is 1. The minimum atomic E-state index is -0.151. The normalized spacial score (nSPS) is 10.9. The van der Waals surface area contributed by atoms with Gasteiger partial charge in [-0.15, -0.1) is 0 Å². The zero-order valence-electron chi connectivity index (χ0n) is 10.7. The number of aliphatic hydroxyl groups is 1. The monoisotopic (exact) mass is 239 g/mol. The van der Waals surface area contributed by atoms with Crippen molar-refractivity contribution in [3.8, 4) is 0 Å². The van der Waals surface area contributed by atoms with Crippen molar-refractivity contribution in [2.24, 2.45) is 0 Å². The molecule has 0 aliphatic heterocycles. The van der Waals surface area contributed by atoms with Crippen molar-refractivity contribution < 1.29 is 5.11 Å². The summed E-state index contributed by atoms with van der Waals surface area (Å²) in [5.41, 5.74) is -0.151. The van der Waals surface area contributed by atoms with Crippen molar-refractivity contribution in [2.45, 2.75) is 39.7 Å². The van der Waals surface area contributed by atoms with Gasteiger partial charge in [0.05, 0.1) is 6.61 Å². The number of hydrogen-bond acceptors (Lipinski definition) is 4. The second-order valence-corrected chi connectivity index (χ2v) is 4.08. The molecule has 0 bridgehead atoms. The van der Waals surface area contributed by atoms with Gasteiger partial charge in [0.15, 0.2) is 0 Å². The van der Waals surface area contributed by atoms with Gasteiger partial charge in [0.2, 0.25) is 0 Å². The Bertz CT molecular complexity index is 399. The quantitative estimate of drug-likeness (QED) is 0.779. The molecule has 0 aliphatic rings. The molecule has 5 heteroatoms. The maximum Gasteiger partial charge on any atom is 0.252 e. The Morgan fingerprint density at radius 1 is 1.47 bits per heavy atom. The smallest absolute Gasteiger partial charge is 0.252 e. The number of aromatic amines is 1. The molecule has 1 heterocycles. The maximum absolute atomic E-state index is 11.4. The predicted octanol–water partition coefficient (Wildman–Crippen LogP) is 1.07. The van der Waals surface area contributed by atoms with Gasteiger partial charge < -0.3 is 15.0 Å². The number of H-pyrrole nitrogens is 1. The summed E-state index contributed by atoms with van der Waals surface area (Å²) < 4.78 is 0. The molecule has 1 rings (SSSR count). The van der Waals surface area contributed by atoms with E-state index in [0.717, 1.165) is 12.8 Å². The second-order valence-electron chi connectivity index (χ2n) is 4.08. The van der Waals surface area contributed by atoms with Gasteiger partial charge in [-0.3, -0.25) is 4.79 Å². The largest absolute Gasteiger partial charge is 0.395 e. The van der Waals surface area contributed by atoms with E-state index in [1.54, 1.807) is 6.92 Å². The van der Waals surface area contributed by atoms with Crippen molar-refractivity contribution in [3.63, 3.8) is 0 Å². The van der Waals surface area contributed by atoms with Crippen LogP contribution in [0.4, 0.5) is 5.82 Å². The Hall–Kier alpha value is -1.36. The van der Waals surface area contributed by atoms with Crippen LogP contribution in [-0.2, 0) is 0 Å². The van der Waals surface area contributed by atoms with Crippen LogP contribution in [0, 0.1) is 6.92 Å². The fraction of sp³-hybridized carbons (Fsp3) is 0.667. The molecule has 5 nitrogen and oxygen atoms in total. The number of hydrogen-bond donors (Lipinski definition) is 2. The number of rotatable bonds is 6. The minimum absolute atomic E-state index is 0.0596. The Labute approximate surface area is 102 Å². The molecule has 1 aromatic heterocycles. The lowest BCUT2D eigenvalue weighted by atomic mass is 10.1. The number of anilines is 1. The van der Waals surface area contributed by atoms with Crippen LogP contribution < -0.4 is 10.5 Å². The number of aromatic nitrogens is 2. The second kappa shape index (κ2) is 6.39. The summed E-state index contributed by atoms with van der Waals surface area (Å²) in [5, 5.41) is 9.12. The van der Waals surface area contributed by atoms with Gasteiger partial charge >= 0.3 is 0 Å². The summed E-state index contributed by atoms with van der Waals surface area (Å²) in [5.74, 6) is 1.25. The van der Waals surface area contributed by atoms with Crippen molar-refractivity contribution in [1.29, 1.82) is 0 Å². The third-order valence-corrected chi connectivity index (χ3v) is 2.86. The average molecular weight is 239 g/mol. The van der Waals surface area contributed by atoms with E-state index >= 15 is 0 Å². The van der Waals surface area contributed by atoms with E-state index in [-0.39, 0.29) is 12.2 Å². The molecule has 17 heavy (non-hydrogen) atoms. The Morgan fingerprint density at radius 2 is 2.12 bits per heavy atom. The number of aryl methyl sites for hydroxylation is 1. The van der Waals surface area contributed by atoms with Crippen LogP contribution in [0.15, 0.2) is 10.9 Å². The molecule has 0 aromatic carbocycles. The standard InChI is InChI=1S/C12H21N3O2/c1-4-10(5-2)15(6-7-16)11-8-12(17)14-9(3)13-11/h8,10,16H,4-7H2,1-3H3,(H,13,14,17). The van der Waals surface area contributed by atoms with Gasteiger partial charge in [-0.25, -0.2) is 4.98 Å². The van der Waals surface area contributed by atoms with Crippen LogP contribution in [0.2, 0.25) is 0 Å². The summed E-state index contributed by atoms with van der Waals surface area (Å²) in [6.45, 7) is 6.51. The van der Waals surface area contributed by atoms with E-state index in [1.807, 2.05) is 4.90 Å². The molecule has 0 unspecified atom stereocenters. The van der Waals surface area contributed by atoms with Crippen LogP contribution in [0.3, 0.4) is 0 Å². The van der Waals surface area contributed by atoms with E-state index in [0.29, 0.717) is 24.2 Å². The zero-order valence-corrected chi connectivity index (χ0v) is 10.7. The fourth-order valence-corrected chi connectivity index (χ4v) is 2.03. The van der Waals surface area contributed by atoms with Crippen LogP contribution in [0.25, 0.3) is 0 Å². The van der Waals surface area contributed by atoms with Gasteiger partial charge in [0.25, 0.3) is 5.56 Å². The third kappa shape index (κ3) is 3.56. The van der Waals surface area contributed by atoms with Gasteiger partial charge in [0.1, 0.15) is 11.6 Å². The molecule has 1 aromatic rings. The minimum Gasteiger partial charge on any atom is -0.395 e. The van der Waals surface area contributed by atoms with Crippen LogP contribution >= 0.6 is 0 Å². The lowest BCUT2D eigenvalue weighted by Crippen LogP contribution is -2.38. The van der Waals surface area contributed by atoms with Gasteiger partial charge in [-0.2, -0.15) is 0 Å². The molecule has 0 aliphatic carbocycles. The van der Waals surface area contributed by atoms with Crippen LogP contribution in [0.5, 0.6) is 0 Å². The highest BCUT2D eigenvalue weighted by atomic mass is 16.3. The van der Waals surface area contributed by atoms with Crippen molar-refractivity contribution in [1.82, 2.24) is 9.97 Å². The molecule has 0 atom stereocenters. The van der Waals surface area contributed by atoms with Crippen molar-refractivity contribution in [3.05, 3.63) is 22.2 Å². The summed E-state index contributed by atoms with van der Waals surface area (Å²) in [6, 6.07) is 1.79. The summed E-state index contributed by atoms with van der Waals surface area (Å²) in [6.07, 6.45) is 1.92. The molecule has 0 fully saturated rings. The third-order valence-electron chi connectivity index (χ3n) is 2.86. The predicted molar refractivity (Wildman–Crippen MR) is 68.4 cm³/mol. The van der Waals surface area contributed by atoms with E-state index in [2.05, 4.69) is 23.8 Å². The first kappa shape index (κ1) is 13.7. The average Bonchev–Trinajstić information content (AvgIpc) is 2.28. The molecular formula is C12H21N3O2. The Kier molecular flexibility index (Phi) is 5.15. The van der Waals surface area contributed by atoms with E-state index in [1.165, 1.54) is 6.07 Å². The highest BCUT2D eigenvalue weighted by Crippen LogP contribution is 2.16. The Balaban J connectivity index is 3.07. The first-order valence-electron chi connectivity index (χ1n) is 6.07. The lowest BCUT2D eigenvalue weighted by Gasteiger charge is -2.30. The Morgan fingerprint density at radius 3 is 2.59 bits per heavy atom. The van der Waals surface area contributed by atoms with Gasteiger partial charge in [-0.05, 0) is 19.8 Å². The molecule has 0 saturated carbocycles. The summed E-state index contributed by atoms with van der Waals surface area (Å²) in [7, 11) is 0. The molecular weight excluding hydrogens is 218 g/mol. The van der Waals surface area contributed by atoms with Gasteiger partial charge in [0, 0.05) is 18.7 Å². The maximum atomic E-state index is 11.4. The van der Waals surface area contributed by atoms with Crippen LogP contribution in [0.1, 0.15) is 32.5 Å². The number of aliphatic hydroxyl groups excluding tert-OH is 1. The van der Waals surface area contributed by atoms with Crippen molar-refractivity contribution >= 4 is 5.82 Å². The highest BCUT2D eigenvalue weighted by Gasteiger charge is 2.17. The highest BCUT2D eigenvalue weighted by molar-refractivity contribution is 5.38. The zero-order chi connectivity index (χ0) is 12.8. The first-order chi connectivity index (χ1) is 8.12. The molecule has 0 radical (unpaired) electrons.